The maximum Gasteiger partial charge on any atom is 0.253 e. The molecule has 0 aliphatic carbocycles. The molecule has 0 aliphatic heterocycles. The molecular formula is C23H22BrN3O2. The van der Waals surface area contributed by atoms with Crippen molar-refractivity contribution in [3.63, 3.8) is 0 Å². The minimum atomic E-state index is -0.222. The molecule has 0 fully saturated rings. The Hall–Kier alpha value is -2.99. The summed E-state index contributed by atoms with van der Waals surface area (Å²) < 4.78 is 0.978. The quantitative estimate of drug-likeness (QED) is 0.554. The third-order valence-electron chi connectivity index (χ3n) is 4.51. The number of carbonyl (C=O) groups is 2. The van der Waals surface area contributed by atoms with Crippen LogP contribution in [0.4, 0.5) is 5.69 Å². The second-order valence-electron chi connectivity index (χ2n) is 6.84. The van der Waals surface area contributed by atoms with E-state index in [4.69, 9.17) is 0 Å². The highest BCUT2D eigenvalue weighted by molar-refractivity contribution is 9.10. The van der Waals surface area contributed by atoms with Crippen molar-refractivity contribution in [3.8, 4) is 11.3 Å². The summed E-state index contributed by atoms with van der Waals surface area (Å²) in [7, 11) is 0. The summed E-state index contributed by atoms with van der Waals surface area (Å²) in [4.78, 5) is 28.6. The Morgan fingerprint density at radius 2 is 1.79 bits per heavy atom. The monoisotopic (exact) mass is 451 g/mol. The molecule has 29 heavy (non-hydrogen) atoms. The molecule has 1 heterocycles. The fraction of sp³-hybridized carbons (Fsp3) is 0.174. The molecule has 2 N–H and O–H groups in total. The SMILES string of the molecule is CC(=O)Nc1cccc(C(C)NC(=O)c2ccc(-c3cccc(Br)c3)nc2C)c1. The van der Waals surface area contributed by atoms with E-state index in [0.29, 0.717) is 16.9 Å². The van der Waals surface area contributed by atoms with Gasteiger partial charge in [0.15, 0.2) is 0 Å². The molecule has 148 valence electrons. The lowest BCUT2D eigenvalue weighted by molar-refractivity contribution is -0.114. The van der Waals surface area contributed by atoms with Gasteiger partial charge in [-0.05, 0) is 55.8 Å². The van der Waals surface area contributed by atoms with Crippen molar-refractivity contribution in [3.05, 3.63) is 82.0 Å². The van der Waals surface area contributed by atoms with Gasteiger partial charge in [0.1, 0.15) is 0 Å². The minimum Gasteiger partial charge on any atom is -0.345 e. The van der Waals surface area contributed by atoms with Crippen LogP contribution < -0.4 is 10.6 Å². The lowest BCUT2D eigenvalue weighted by Crippen LogP contribution is -2.27. The van der Waals surface area contributed by atoms with E-state index in [1.54, 1.807) is 6.07 Å². The number of hydrogen-bond acceptors (Lipinski definition) is 3. The molecule has 0 saturated carbocycles. The topological polar surface area (TPSA) is 71.1 Å². The predicted octanol–water partition coefficient (Wildman–Crippen LogP) is 5.27. The van der Waals surface area contributed by atoms with E-state index in [-0.39, 0.29) is 17.9 Å². The molecule has 0 radical (unpaired) electrons. The number of carbonyl (C=O) groups excluding carboxylic acids is 2. The molecule has 6 heteroatoms. The van der Waals surface area contributed by atoms with E-state index in [1.165, 1.54) is 6.92 Å². The van der Waals surface area contributed by atoms with Crippen LogP contribution in [0.1, 0.15) is 41.5 Å². The normalized spacial score (nSPS) is 11.6. The highest BCUT2D eigenvalue weighted by Gasteiger charge is 2.15. The summed E-state index contributed by atoms with van der Waals surface area (Å²) in [6.07, 6.45) is 0. The highest BCUT2D eigenvalue weighted by atomic mass is 79.9. The van der Waals surface area contributed by atoms with Crippen LogP contribution >= 0.6 is 15.9 Å². The largest absolute Gasteiger partial charge is 0.345 e. The van der Waals surface area contributed by atoms with Crippen LogP contribution in [0.2, 0.25) is 0 Å². The molecule has 3 rings (SSSR count). The van der Waals surface area contributed by atoms with Crippen LogP contribution in [-0.4, -0.2) is 16.8 Å². The first-order chi connectivity index (χ1) is 13.8. The first kappa shape index (κ1) is 20.7. The van der Waals surface area contributed by atoms with Gasteiger partial charge in [0.2, 0.25) is 5.91 Å². The first-order valence-electron chi connectivity index (χ1n) is 9.25. The average Bonchev–Trinajstić information content (AvgIpc) is 2.67. The lowest BCUT2D eigenvalue weighted by Gasteiger charge is -2.16. The predicted molar refractivity (Wildman–Crippen MR) is 119 cm³/mol. The number of hydrogen-bond donors (Lipinski definition) is 2. The molecule has 0 saturated heterocycles. The zero-order valence-corrected chi connectivity index (χ0v) is 18.1. The number of anilines is 1. The number of nitrogens with zero attached hydrogens (tertiary/aromatic N) is 1. The average molecular weight is 452 g/mol. The molecule has 5 nitrogen and oxygen atoms in total. The van der Waals surface area contributed by atoms with E-state index in [1.807, 2.05) is 68.4 Å². The zero-order chi connectivity index (χ0) is 21.0. The van der Waals surface area contributed by atoms with Gasteiger partial charge in [0.05, 0.1) is 23.0 Å². The third-order valence-corrected chi connectivity index (χ3v) is 5.00. The molecular weight excluding hydrogens is 430 g/mol. The summed E-state index contributed by atoms with van der Waals surface area (Å²) in [6.45, 7) is 5.20. The van der Waals surface area contributed by atoms with Gasteiger partial charge in [-0.3, -0.25) is 14.6 Å². The second-order valence-corrected chi connectivity index (χ2v) is 7.76. The Kier molecular flexibility index (Phi) is 6.44. The van der Waals surface area contributed by atoms with Crippen molar-refractivity contribution in [2.75, 3.05) is 5.32 Å². The Morgan fingerprint density at radius 3 is 2.48 bits per heavy atom. The molecule has 2 aromatic carbocycles. The van der Waals surface area contributed by atoms with Crippen LogP contribution in [0.25, 0.3) is 11.3 Å². The fourth-order valence-electron chi connectivity index (χ4n) is 3.06. The van der Waals surface area contributed by atoms with Crippen molar-refractivity contribution in [1.29, 1.82) is 0 Å². The molecule has 0 aliphatic rings. The number of nitrogens with one attached hydrogen (secondary N) is 2. The number of rotatable bonds is 5. The fourth-order valence-corrected chi connectivity index (χ4v) is 3.46. The lowest BCUT2D eigenvalue weighted by atomic mass is 10.1. The summed E-state index contributed by atoms with van der Waals surface area (Å²) >= 11 is 3.47. The van der Waals surface area contributed by atoms with Crippen LogP contribution in [0.15, 0.2) is 65.1 Å². The van der Waals surface area contributed by atoms with E-state index in [9.17, 15) is 9.59 Å². The number of halogens is 1. The summed E-state index contributed by atoms with van der Waals surface area (Å²) in [5.41, 5.74) is 4.61. The zero-order valence-electron chi connectivity index (χ0n) is 16.5. The van der Waals surface area contributed by atoms with Gasteiger partial charge in [-0.2, -0.15) is 0 Å². The van der Waals surface area contributed by atoms with Crippen LogP contribution in [0, 0.1) is 6.92 Å². The maximum absolute atomic E-state index is 12.8. The first-order valence-corrected chi connectivity index (χ1v) is 10.0. The van der Waals surface area contributed by atoms with Gasteiger partial charge < -0.3 is 10.6 Å². The Bertz CT molecular complexity index is 1070. The molecule has 0 bridgehead atoms. The summed E-state index contributed by atoms with van der Waals surface area (Å²) in [5.74, 6) is -0.320. The van der Waals surface area contributed by atoms with Crippen molar-refractivity contribution in [1.82, 2.24) is 10.3 Å². The van der Waals surface area contributed by atoms with Gasteiger partial charge >= 0.3 is 0 Å². The molecule has 2 amide bonds. The second kappa shape index (κ2) is 9.01. The van der Waals surface area contributed by atoms with E-state index in [0.717, 1.165) is 21.3 Å². The molecule has 1 aromatic heterocycles. The van der Waals surface area contributed by atoms with Crippen molar-refractivity contribution < 1.29 is 9.59 Å². The standard InChI is InChI=1S/C23H22BrN3O2/c1-14(17-6-5-9-20(13-17)27-16(3)28)26-23(29)21-10-11-22(25-15(21)2)18-7-4-8-19(24)12-18/h4-14H,1-3H3,(H,26,29)(H,27,28). The van der Waals surface area contributed by atoms with Crippen LogP contribution in [-0.2, 0) is 4.79 Å². The van der Waals surface area contributed by atoms with Crippen LogP contribution in [0.3, 0.4) is 0 Å². The summed E-state index contributed by atoms with van der Waals surface area (Å²) in [6, 6.07) is 18.7. The Labute approximate surface area is 178 Å². The molecule has 3 aromatic rings. The smallest absolute Gasteiger partial charge is 0.253 e. The van der Waals surface area contributed by atoms with Crippen molar-refractivity contribution in [2.45, 2.75) is 26.8 Å². The van der Waals surface area contributed by atoms with E-state index < -0.39 is 0 Å². The number of benzene rings is 2. The van der Waals surface area contributed by atoms with Gasteiger partial charge in [0.25, 0.3) is 5.91 Å². The van der Waals surface area contributed by atoms with E-state index in [2.05, 4.69) is 31.5 Å². The summed E-state index contributed by atoms with van der Waals surface area (Å²) in [5, 5.41) is 5.76. The number of pyridine rings is 1. The molecule has 1 atom stereocenters. The van der Waals surface area contributed by atoms with Crippen molar-refractivity contribution >= 4 is 33.4 Å². The van der Waals surface area contributed by atoms with Crippen molar-refractivity contribution in [2.24, 2.45) is 0 Å². The number of amides is 2. The maximum atomic E-state index is 12.8. The highest BCUT2D eigenvalue weighted by Crippen LogP contribution is 2.23. The molecule has 1 unspecified atom stereocenters. The van der Waals surface area contributed by atoms with Gasteiger partial charge in [0, 0.05) is 22.6 Å². The van der Waals surface area contributed by atoms with E-state index >= 15 is 0 Å². The van der Waals surface area contributed by atoms with Gasteiger partial charge in [-0.1, -0.05) is 40.2 Å². The Morgan fingerprint density at radius 1 is 1.03 bits per heavy atom. The molecule has 0 spiro atoms. The minimum absolute atomic E-state index is 0.133. The van der Waals surface area contributed by atoms with Gasteiger partial charge in [-0.15, -0.1) is 0 Å². The number of aryl methyl sites for hydroxylation is 1. The third kappa shape index (κ3) is 5.29. The van der Waals surface area contributed by atoms with Gasteiger partial charge in [-0.25, -0.2) is 0 Å². The Balaban J connectivity index is 1.76. The van der Waals surface area contributed by atoms with Crippen LogP contribution in [0.5, 0.6) is 0 Å². The number of aromatic nitrogens is 1.